The van der Waals surface area contributed by atoms with Crippen molar-refractivity contribution in [3.8, 4) is 5.75 Å². The maximum atomic E-state index is 11.8. The van der Waals surface area contributed by atoms with E-state index in [1.807, 2.05) is 13.0 Å². The molecule has 2 aromatic rings. The highest BCUT2D eigenvalue weighted by atomic mass is 79.9. The fourth-order valence-corrected chi connectivity index (χ4v) is 2.69. The van der Waals surface area contributed by atoms with E-state index in [1.165, 1.54) is 6.21 Å². The monoisotopic (exact) mass is 437 g/mol. The lowest BCUT2D eigenvalue weighted by Gasteiger charge is -2.06. The minimum Gasteiger partial charge on any atom is -0.493 e. The zero-order valence-electron chi connectivity index (χ0n) is 14.0. The molecule has 0 unspecified atom stereocenters. The van der Waals surface area contributed by atoms with Gasteiger partial charge in [0.2, 0.25) is 11.8 Å². The summed E-state index contributed by atoms with van der Waals surface area (Å²) in [5.74, 6) is -0.282. The minimum atomic E-state index is -0.532. The molecule has 0 aliphatic carbocycles. The van der Waals surface area contributed by atoms with Crippen molar-refractivity contribution in [3.05, 3.63) is 57.5 Å². The highest BCUT2D eigenvalue weighted by Crippen LogP contribution is 2.25. The number of para-hydroxylation sites is 1. The van der Waals surface area contributed by atoms with Gasteiger partial charge in [0.1, 0.15) is 12.2 Å². The van der Waals surface area contributed by atoms with Gasteiger partial charge in [-0.15, -0.1) is 0 Å². The molecule has 0 saturated carbocycles. The molecule has 0 spiro atoms. The molecular weight excluding hydrogens is 422 g/mol. The number of anilines is 1. The molecule has 0 aliphatic heterocycles. The van der Waals surface area contributed by atoms with Crippen LogP contribution in [0.4, 0.5) is 5.69 Å². The summed E-state index contributed by atoms with van der Waals surface area (Å²) in [6.45, 7) is 2.47. The van der Waals surface area contributed by atoms with Gasteiger partial charge in [0.15, 0.2) is 0 Å². The van der Waals surface area contributed by atoms with Crippen LogP contribution in [0.2, 0.25) is 5.02 Å². The molecule has 0 radical (unpaired) electrons. The van der Waals surface area contributed by atoms with Crippen molar-refractivity contribution in [2.24, 2.45) is 5.10 Å². The number of rotatable bonds is 7. The molecule has 0 fully saturated rings. The van der Waals surface area contributed by atoms with Gasteiger partial charge in [-0.1, -0.05) is 23.7 Å². The van der Waals surface area contributed by atoms with Crippen LogP contribution < -0.4 is 15.5 Å². The number of nitrogens with one attached hydrogen (secondary N) is 2. The third-order valence-corrected chi connectivity index (χ3v) is 4.08. The van der Waals surface area contributed by atoms with Crippen LogP contribution in [0, 0.1) is 0 Å². The van der Waals surface area contributed by atoms with Gasteiger partial charge in [-0.2, -0.15) is 5.10 Å². The van der Waals surface area contributed by atoms with Crippen LogP contribution in [0.1, 0.15) is 18.9 Å². The molecule has 136 valence electrons. The van der Waals surface area contributed by atoms with Crippen molar-refractivity contribution in [1.29, 1.82) is 0 Å². The van der Waals surface area contributed by atoms with Gasteiger partial charge in [0.05, 0.1) is 28.0 Å². The summed E-state index contributed by atoms with van der Waals surface area (Å²) in [5.41, 5.74) is 3.53. The first-order chi connectivity index (χ1) is 12.5. The summed E-state index contributed by atoms with van der Waals surface area (Å²) in [6, 6.07) is 12.2. The fraction of sp³-hybridized carbons (Fsp3) is 0.167. The molecule has 6 nitrogen and oxygen atoms in total. The quantitative estimate of drug-likeness (QED) is 0.390. The Labute approximate surface area is 164 Å². The Bertz CT molecular complexity index is 827. The Morgan fingerprint density at radius 3 is 2.69 bits per heavy atom. The van der Waals surface area contributed by atoms with E-state index in [4.69, 9.17) is 16.3 Å². The van der Waals surface area contributed by atoms with Crippen molar-refractivity contribution >= 4 is 51.2 Å². The smallest absolute Gasteiger partial charge is 0.249 e. The summed E-state index contributed by atoms with van der Waals surface area (Å²) >= 11 is 9.35. The molecule has 0 bridgehead atoms. The van der Waals surface area contributed by atoms with Gasteiger partial charge >= 0.3 is 0 Å². The Balaban J connectivity index is 1.84. The normalized spacial score (nSPS) is 10.6. The average Bonchev–Trinajstić information content (AvgIpc) is 2.59. The SMILES string of the molecule is CCOc1ccc(C=NNC(=O)CC(=O)Nc2ccccc2Cl)cc1Br. The summed E-state index contributed by atoms with van der Waals surface area (Å²) in [6.07, 6.45) is 1.11. The summed E-state index contributed by atoms with van der Waals surface area (Å²) in [7, 11) is 0. The van der Waals surface area contributed by atoms with E-state index in [9.17, 15) is 9.59 Å². The largest absolute Gasteiger partial charge is 0.493 e. The number of carbonyl (C=O) groups is 2. The van der Waals surface area contributed by atoms with E-state index in [0.717, 1.165) is 15.8 Å². The molecule has 2 amide bonds. The van der Waals surface area contributed by atoms with E-state index in [2.05, 4.69) is 31.8 Å². The summed E-state index contributed by atoms with van der Waals surface area (Å²) in [4.78, 5) is 23.6. The number of nitrogens with zero attached hydrogens (tertiary/aromatic N) is 1. The topological polar surface area (TPSA) is 79.8 Å². The number of carbonyl (C=O) groups excluding carboxylic acids is 2. The number of ether oxygens (including phenoxy) is 1. The molecular formula is C18H17BrClN3O3. The van der Waals surface area contributed by atoms with E-state index in [1.54, 1.807) is 36.4 Å². The average molecular weight is 439 g/mol. The lowest BCUT2D eigenvalue weighted by Crippen LogP contribution is -2.24. The maximum absolute atomic E-state index is 11.8. The van der Waals surface area contributed by atoms with Crippen LogP contribution in [0.3, 0.4) is 0 Å². The predicted molar refractivity (Wildman–Crippen MR) is 106 cm³/mol. The molecule has 0 heterocycles. The second-order valence-electron chi connectivity index (χ2n) is 5.12. The van der Waals surface area contributed by atoms with Crippen LogP contribution in [0.15, 0.2) is 52.0 Å². The van der Waals surface area contributed by atoms with Crippen molar-refractivity contribution < 1.29 is 14.3 Å². The Morgan fingerprint density at radius 2 is 2.00 bits per heavy atom. The van der Waals surface area contributed by atoms with Crippen molar-refractivity contribution in [2.45, 2.75) is 13.3 Å². The van der Waals surface area contributed by atoms with Crippen LogP contribution in [0.5, 0.6) is 5.75 Å². The summed E-state index contributed by atoms with van der Waals surface area (Å²) < 4.78 is 6.21. The molecule has 0 saturated heterocycles. The van der Waals surface area contributed by atoms with E-state index in [0.29, 0.717) is 17.3 Å². The van der Waals surface area contributed by atoms with Crippen molar-refractivity contribution in [3.63, 3.8) is 0 Å². The predicted octanol–water partition coefficient (Wildman–Crippen LogP) is 3.98. The maximum Gasteiger partial charge on any atom is 0.249 e. The minimum absolute atomic E-state index is 0.366. The zero-order valence-corrected chi connectivity index (χ0v) is 16.3. The van der Waals surface area contributed by atoms with Crippen LogP contribution in [-0.2, 0) is 9.59 Å². The van der Waals surface area contributed by atoms with Crippen LogP contribution >= 0.6 is 27.5 Å². The highest BCUT2D eigenvalue weighted by molar-refractivity contribution is 9.10. The Morgan fingerprint density at radius 1 is 1.23 bits per heavy atom. The Kier molecular flexibility index (Phi) is 7.62. The zero-order chi connectivity index (χ0) is 18.9. The number of hydrogen-bond donors (Lipinski definition) is 2. The highest BCUT2D eigenvalue weighted by Gasteiger charge is 2.10. The van der Waals surface area contributed by atoms with Crippen LogP contribution in [0.25, 0.3) is 0 Å². The van der Waals surface area contributed by atoms with Crippen LogP contribution in [-0.4, -0.2) is 24.6 Å². The molecule has 2 N–H and O–H groups in total. The van der Waals surface area contributed by atoms with Gasteiger partial charge in [-0.25, -0.2) is 5.43 Å². The number of amides is 2. The first-order valence-corrected chi connectivity index (χ1v) is 8.95. The summed E-state index contributed by atoms with van der Waals surface area (Å²) in [5, 5.41) is 6.82. The van der Waals surface area contributed by atoms with Crippen molar-refractivity contribution in [1.82, 2.24) is 5.43 Å². The first kappa shape index (κ1) is 19.9. The number of hydrazone groups is 1. The van der Waals surface area contributed by atoms with Gasteiger partial charge in [-0.3, -0.25) is 9.59 Å². The molecule has 2 rings (SSSR count). The van der Waals surface area contributed by atoms with E-state index >= 15 is 0 Å². The van der Waals surface area contributed by atoms with Gasteiger partial charge in [0.25, 0.3) is 0 Å². The Hall–Kier alpha value is -2.38. The third kappa shape index (κ3) is 6.16. The second kappa shape index (κ2) is 9.94. The molecule has 0 atom stereocenters. The number of halogens is 2. The van der Waals surface area contributed by atoms with Gasteiger partial charge in [-0.05, 0) is 58.7 Å². The van der Waals surface area contributed by atoms with Crippen molar-refractivity contribution in [2.75, 3.05) is 11.9 Å². The van der Waals surface area contributed by atoms with Gasteiger partial charge < -0.3 is 10.1 Å². The second-order valence-corrected chi connectivity index (χ2v) is 6.38. The lowest BCUT2D eigenvalue weighted by molar-refractivity contribution is -0.126. The first-order valence-electron chi connectivity index (χ1n) is 7.78. The number of hydrogen-bond acceptors (Lipinski definition) is 4. The molecule has 0 aromatic heterocycles. The molecule has 8 heteroatoms. The van der Waals surface area contributed by atoms with E-state index in [-0.39, 0.29) is 6.42 Å². The fourth-order valence-electron chi connectivity index (χ4n) is 1.99. The number of benzene rings is 2. The standard InChI is InChI=1S/C18H17BrClN3O3/c1-2-26-16-8-7-12(9-13(16)19)11-21-23-18(25)10-17(24)22-15-6-4-3-5-14(15)20/h3-9,11H,2,10H2,1H3,(H,22,24)(H,23,25). The van der Waals surface area contributed by atoms with E-state index < -0.39 is 11.8 Å². The van der Waals surface area contributed by atoms with Gasteiger partial charge in [0, 0.05) is 0 Å². The molecule has 2 aromatic carbocycles. The lowest BCUT2D eigenvalue weighted by atomic mass is 10.2. The molecule has 26 heavy (non-hydrogen) atoms. The third-order valence-electron chi connectivity index (χ3n) is 3.13. The molecule has 0 aliphatic rings.